The van der Waals surface area contributed by atoms with Gasteiger partial charge in [-0.3, -0.25) is 9.59 Å². The maximum atomic E-state index is 13.5. The Morgan fingerprint density at radius 2 is 1.73 bits per heavy atom. The minimum atomic E-state index is -0.502. The van der Waals surface area contributed by atoms with Crippen LogP contribution in [0.1, 0.15) is 81.9 Å². The molecule has 33 heavy (non-hydrogen) atoms. The Balaban J connectivity index is 1.74. The lowest BCUT2D eigenvalue weighted by molar-refractivity contribution is -0.141. The van der Waals surface area contributed by atoms with Crippen LogP contribution in [0.4, 0.5) is 0 Å². The standard InChI is InChI=1S/C28H37ClN2O2/c1-4-26(28(33)30-24-10-6-7-11-24)31(19-23-9-5-8-12-25(23)29)27(32)18-15-21-13-16-22(17-14-21)20(2)3/h5,8-9,12-14,16-17,20,24,26H,4,6-7,10-11,15,18-19H2,1-3H3,(H,30,33)/t26-/m0/s1. The van der Waals surface area contributed by atoms with Crippen LogP contribution in [0.5, 0.6) is 0 Å². The van der Waals surface area contributed by atoms with Crippen molar-refractivity contribution < 1.29 is 9.59 Å². The summed E-state index contributed by atoms with van der Waals surface area (Å²) in [7, 11) is 0. The molecule has 1 saturated carbocycles. The Morgan fingerprint density at radius 3 is 2.33 bits per heavy atom. The van der Waals surface area contributed by atoms with Crippen molar-refractivity contribution >= 4 is 23.4 Å². The number of aryl methyl sites for hydroxylation is 1. The van der Waals surface area contributed by atoms with E-state index < -0.39 is 6.04 Å². The number of nitrogens with one attached hydrogen (secondary N) is 1. The molecule has 1 aliphatic carbocycles. The van der Waals surface area contributed by atoms with E-state index in [0.717, 1.165) is 36.8 Å². The highest BCUT2D eigenvalue weighted by Crippen LogP contribution is 2.23. The van der Waals surface area contributed by atoms with E-state index in [4.69, 9.17) is 11.6 Å². The summed E-state index contributed by atoms with van der Waals surface area (Å²) in [5, 5.41) is 3.81. The highest BCUT2D eigenvalue weighted by molar-refractivity contribution is 6.31. The normalized spacial score (nSPS) is 14.9. The average molecular weight is 469 g/mol. The van der Waals surface area contributed by atoms with E-state index in [1.165, 1.54) is 5.56 Å². The fourth-order valence-electron chi connectivity index (χ4n) is 4.56. The van der Waals surface area contributed by atoms with Crippen LogP contribution in [0.15, 0.2) is 48.5 Å². The van der Waals surface area contributed by atoms with E-state index in [1.54, 1.807) is 4.90 Å². The van der Waals surface area contributed by atoms with Crippen molar-refractivity contribution in [3.8, 4) is 0 Å². The second kappa shape index (κ2) is 12.2. The van der Waals surface area contributed by atoms with Gasteiger partial charge in [-0.05, 0) is 54.4 Å². The molecule has 1 fully saturated rings. The van der Waals surface area contributed by atoms with E-state index in [-0.39, 0.29) is 17.9 Å². The van der Waals surface area contributed by atoms with Crippen molar-refractivity contribution in [3.05, 3.63) is 70.2 Å². The number of halogens is 1. The Labute approximate surface area is 203 Å². The van der Waals surface area contributed by atoms with Crippen LogP contribution in [0.25, 0.3) is 0 Å². The molecule has 0 radical (unpaired) electrons. The summed E-state index contributed by atoms with van der Waals surface area (Å²) in [6.45, 7) is 6.65. The molecule has 1 atom stereocenters. The van der Waals surface area contributed by atoms with Gasteiger partial charge in [-0.25, -0.2) is 0 Å². The Morgan fingerprint density at radius 1 is 1.06 bits per heavy atom. The van der Waals surface area contributed by atoms with E-state index in [0.29, 0.717) is 36.7 Å². The zero-order valence-corrected chi connectivity index (χ0v) is 20.9. The van der Waals surface area contributed by atoms with Gasteiger partial charge < -0.3 is 10.2 Å². The van der Waals surface area contributed by atoms with Crippen molar-refractivity contribution in [2.45, 2.75) is 90.3 Å². The molecule has 2 amide bonds. The van der Waals surface area contributed by atoms with Crippen LogP contribution in [0.2, 0.25) is 5.02 Å². The third-order valence-electron chi connectivity index (χ3n) is 6.66. The summed E-state index contributed by atoms with van der Waals surface area (Å²) in [6.07, 6.45) is 5.92. The van der Waals surface area contributed by atoms with Gasteiger partial charge in [0.15, 0.2) is 0 Å². The van der Waals surface area contributed by atoms with Crippen LogP contribution >= 0.6 is 11.6 Å². The van der Waals surface area contributed by atoms with Gasteiger partial charge in [-0.2, -0.15) is 0 Å². The molecule has 1 N–H and O–H groups in total. The summed E-state index contributed by atoms with van der Waals surface area (Å²) in [5.41, 5.74) is 3.29. The van der Waals surface area contributed by atoms with E-state index in [2.05, 4.69) is 43.4 Å². The first-order valence-electron chi connectivity index (χ1n) is 12.3. The maximum Gasteiger partial charge on any atom is 0.243 e. The summed E-state index contributed by atoms with van der Waals surface area (Å²) >= 11 is 6.41. The fraction of sp³-hybridized carbons (Fsp3) is 0.500. The van der Waals surface area contributed by atoms with Gasteiger partial charge in [0.2, 0.25) is 11.8 Å². The number of carbonyl (C=O) groups excluding carboxylic acids is 2. The predicted octanol–water partition coefficient (Wildman–Crippen LogP) is 6.26. The third-order valence-corrected chi connectivity index (χ3v) is 7.03. The molecule has 3 rings (SSSR count). The highest BCUT2D eigenvalue weighted by atomic mass is 35.5. The molecule has 0 aromatic heterocycles. The summed E-state index contributed by atoms with van der Waals surface area (Å²) < 4.78 is 0. The molecule has 2 aromatic carbocycles. The SMILES string of the molecule is CC[C@@H](C(=O)NC1CCCC1)N(Cc1ccccc1Cl)C(=O)CCc1ccc(C(C)C)cc1. The van der Waals surface area contributed by atoms with E-state index in [1.807, 2.05) is 31.2 Å². The number of carbonyl (C=O) groups is 2. The molecule has 0 bridgehead atoms. The first-order chi connectivity index (χ1) is 15.9. The van der Waals surface area contributed by atoms with Crippen LogP contribution in [-0.4, -0.2) is 28.8 Å². The molecule has 2 aromatic rings. The summed E-state index contributed by atoms with van der Waals surface area (Å²) in [6, 6.07) is 15.7. The first kappa shape index (κ1) is 25.3. The average Bonchev–Trinajstić information content (AvgIpc) is 3.31. The highest BCUT2D eigenvalue weighted by Gasteiger charge is 2.30. The van der Waals surface area contributed by atoms with E-state index in [9.17, 15) is 9.59 Å². The van der Waals surface area contributed by atoms with Gasteiger partial charge in [0.05, 0.1) is 0 Å². The van der Waals surface area contributed by atoms with Gasteiger partial charge in [-0.1, -0.05) is 87.7 Å². The molecule has 0 spiro atoms. The predicted molar refractivity (Wildman–Crippen MR) is 135 cm³/mol. The molecule has 1 aliphatic rings. The lowest BCUT2D eigenvalue weighted by Gasteiger charge is -2.32. The summed E-state index contributed by atoms with van der Waals surface area (Å²) in [4.78, 5) is 28.4. The number of benzene rings is 2. The van der Waals surface area contributed by atoms with Crippen LogP contribution in [-0.2, 0) is 22.6 Å². The fourth-order valence-corrected chi connectivity index (χ4v) is 4.76. The zero-order chi connectivity index (χ0) is 23.8. The smallest absolute Gasteiger partial charge is 0.243 e. The maximum absolute atomic E-state index is 13.5. The van der Waals surface area contributed by atoms with Crippen LogP contribution in [0.3, 0.4) is 0 Å². The zero-order valence-electron chi connectivity index (χ0n) is 20.1. The number of nitrogens with zero attached hydrogens (tertiary/aromatic N) is 1. The first-order valence-corrected chi connectivity index (χ1v) is 12.7. The Kier molecular flexibility index (Phi) is 9.37. The van der Waals surface area contributed by atoms with Crippen LogP contribution in [0, 0.1) is 0 Å². The number of amides is 2. The Bertz CT molecular complexity index is 920. The topological polar surface area (TPSA) is 49.4 Å². The molecule has 0 unspecified atom stereocenters. The van der Waals surface area contributed by atoms with E-state index >= 15 is 0 Å². The van der Waals surface area contributed by atoms with Crippen molar-refractivity contribution in [1.29, 1.82) is 0 Å². The molecule has 5 heteroatoms. The largest absolute Gasteiger partial charge is 0.352 e. The molecule has 4 nitrogen and oxygen atoms in total. The molecule has 178 valence electrons. The second-order valence-corrected chi connectivity index (χ2v) is 9.83. The van der Waals surface area contributed by atoms with Crippen molar-refractivity contribution in [2.24, 2.45) is 0 Å². The van der Waals surface area contributed by atoms with Gasteiger partial charge in [-0.15, -0.1) is 0 Å². The van der Waals surface area contributed by atoms with Gasteiger partial charge in [0.1, 0.15) is 6.04 Å². The van der Waals surface area contributed by atoms with Gasteiger partial charge in [0, 0.05) is 24.0 Å². The lowest BCUT2D eigenvalue weighted by atomic mass is 10.00. The number of hydrogen-bond donors (Lipinski definition) is 1. The number of rotatable bonds is 10. The Hall–Kier alpha value is -2.33. The third kappa shape index (κ3) is 7.07. The number of hydrogen-bond acceptors (Lipinski definition) is 2. The van der Waals surface area contributed by atoms with Crippen LogP contribution < -0.4 is 5.32 Å². The quantitative estimate of drug-likeness (QED) is 0.447. The molecule has 0 saturated heterocycles. The minimum absolute atomic E-state index is 0.0173. The van der Waals surface area contributed by atoms with Crippen molar-refractivity contribution in [1.82, 2.24) is 10.2 Å². The molecular formula is C28H37ClN2O2. The van der Waals surface area contributed by atoms with Gasteiger partial charge in [0.25, 0.3) is 0 Å². The van der Waals surface area contributed by atoms with Crippen molar-refractivity contribution in [3.63, 3.8) is 0 Å². The minimum Gasteiger partial charge on any atom is -0.352 e. The monoisotopic (exact) mass is 468 g/mol. The molecule has 0 heterocycles. The molecular weight excluding hydrogens is 432 g/mol. The van der Waals surface area contributed by atoms with Gasteiger partial charge >= 0.3 is 0 Å². The second-order valence-electron chi connectivity index (χ2n) is 9.42. The van der Waals surface area contributed by atoms with Crippen molar-refractivity contribution in [2.75, 3.05) is 0 Å². The lowest BCUT2D eigenvalue weighted by Crippen LogP contribution is -2.51. The summed E-state index contributed by atoms with van der Waals surface area (Å²) in [5.74, 6) is 0.415. The molecule has 0 aliphatic heterocycles.